The highest BCUT2D eigenvalue weighted by Crippen LogP contribution is 2.18. The molecule has 0 radical (unpaired) electrons. The Labute approximate surface area is 73.5 Å². The standard InChI is InChI=1S/C9H17NO2/c1-3-8(11)10-9(2)5-4-6-12-7-9/h3-7H2,1-2H3,(H,10,11). The Morgan fingerprint density at radius 3 is 2.92 bits per heavy atom. The number of amides is 1. The molecule has 70 valence electrons. The summed E-state index contributed by atoms with van der Waals surface area (Å²) in [5, 5.41) is 2.98. The molecule has 0 aromatic heterocycles. The van der Waals surface area contributed by atoms with Crippen molar-refractivity contribution in [1.82, 2.24) is 5.32 Å². The zero-order valence-electron chi connectivity index (χ0n) is 7.85. The molecule has 1 heterocycles. The molecular weight excluding hydrogens is 154 g/mol. The lowest BCUT2D eigenvalue weighted by Crippen LogP contribution is -2.51. The first-order valence-corrected chi connectivity index (χ1v) is 4.55. The van der Waals surface area contributed by atoms with Gasteiger partial charge < -0.3 is 10.1 Å². The number of nitrogens with one attached hydrogen (secondary N) is 1. The van der Waals surface area contributed by atoms with Gasteiger partial charge in [0.2, 0.25) is 5.91 Å². The smallest absolute Gasteiger partial charge is 0.220 e. The molecule has 0 aliphatic carbocycles. The summed E-state index contributed by atoms with van der Waals surface area (Å²) in [6, 6.07) is 0. The van der Waals surface area contributed by atoms with E-state index in [2.05, 4.69) is 5.32 Å². The largest absolute Gasteiger partial charge is 0.379 e. The normalized spacial score (nSPS) is 29.8. The van der Waals surface area contributed by atoms with Crippen LogP contribution in [0.4, 0.5) is 0 Å². The predicted molar refractivity (Wildman–Crippen MR) is 46.9 cm³/mol. The zero-order valence-corrected chi connectivity index (χ0v) is 7.85. The third kappa shape index (κ3) is 2.48. The number of carbonyl (C=O) groups is 1. The molecule has 0 saturated carbocycles. The van der Waals surface area contributed by atoms with E-state index in [9.17, 15) is 4.79 Å². The van der Waals surface area contributed by atoms with Crippen LogP contribution in [0, 0.1) is 0 Å². The molecule has 3 nitrogen and oxygen atoms in total. The van der Waals surface area contributed by atoms with Gasteiger partial charge in [-0.15, -0.1) is 0 Å². The Balaban J connectivity index is 2.41. The van der Waals surface area contributed by atoms with Crippen LogP contribution in [0.5, 0.6) is 0 Å². The van der Waals surface area contributed by atoms with Gasteiger partial charge in [-0.1, -0.05) is 6.92 Å². The molecule has 0 aromatic carbocycles. The lowest BCUT2D eigenvalue weighted by atomic mass is 9.95. The molecule has 1 aliphatic heterocycles. The minimum atomic E-state index is -0.120. The maximum absolute atomic E-state index is 11.1. The fourth-order valence-corrected chi connectivity index (χ4v) is 1.46. The molecule has 3 heteroatoms. The maximum Gasteiger partial charge on any atom is 0.220 e. The lowest BCUT2D eigenvalue weighted by Gasteiger charge is -2.34. The molecule has 1 rings (SSSR count). The van der Waals surface area contributed by atoms with Crippen molar-refractivity contribution < 1.29 is 9.53 Å². The van der Waals surface area contributed by atoms with Gasteiger partial charge in [0, 0.05) is 13.0 Å². The maximum atomic E-state index is 11.1. The molecule has 0 aromatic rings. The van der Waals surface area contributed by atoms with Gasteiger partial charge in [-0.2, -0.15) is 0 Å². The van der Waals surface area contributed by atoms with Crippen molar-refractivity contribution in [3.8, 4) is 0 Å². The van der Waals surface area contributed by atoms with Crippen molar-refractivity contribution in [1.29, 1.82) is 0 Å². The third-order valence-electron chi connectivity index (χ3n) is 2.20. The van der Waals surface area contributed by atoms with Gasteiger partial charge in [-0.25, -0.2) is 0 Å². The van der Waals surface area contributed by atoms with E-state index in [-0.39, 0.29) is 11.4 Å². The molecule has 1 fully saturated rings. The topological polar surface area (TPSA) is 38.3 Å². The first-order valence-electron chi connectivity index (χ1n) is 4.55. The van der Waals surface area contributed by atoms with E-state index in [0.717, 1.165) is 19.4 Å². The van der Waals surface area contributed by atoms with Crippen LogP contribution in [0.15, 0.2) is 0 Å². The summed E-state index contributed by atoms with van der Waals surface area (Å²) < 4.78 is 5.32. The summed E-state index contributed by atoms with van der Waals surface area (Å²) in [6.45, 7) is 5.39. The minimum absolute atomic E-state index is 0.114. The fourth-order valence-electron chi connectivity index (χ4n) is 1.46. The molecule has 1 N–H and O–H groups in total. The molecule has 1 atom stereocenters. The van der Waals surface area contributed by atoms with E-state index in [1.165, 1.54) is 0 Å². The number of rotatable bonds is 2. The summed E-state index contributed by atoms with van der Waals surface area (Å²) in [4.78, 5) is 11.1. The summed E-state index contributed by atoms with van der Waals surface area (Å²) in [7, 11) is 0. The van der Waals surface area contributed by atoms with Crippen molar-refractivity contribution in [2.75, 3.05) is 13.2 Å². The van der Waals surface area contributed by atoms with Crippen LogP contribution in [0.3, 0.4) is 0 Å². The lowest BCUT2D eigenvalue weighted by molar-refractivity contribution is -0.124. The Hall–Kier alpha value is -0.570. The molecule has 0 bridgehead atoms. The Morgan fingerprint density at radius 1 is 1.67 bits per heavy atom. The van der Waals surface area contributed by atoms with Gasteiger partial charge in [0.15, 0.2) is 0 Å². The van der Waals surface area contributed by atoms with Crippen LogP contribution in [0.1, 0.15) is 33.1 Å². The minimum Gasteiger partial charge on any atom is -0.379 e. The highest BCUT2D eigenvalue weighted by Gasteiger charge is 2.28. The van der Waals surface area contributed by atoms with Crippen molar-refractivity contribution >= 4 is 5.91 Å². The number of ether oxygens (including phenoxy) is 1. The van der Waals surface area contributed by atoms with E-state index in [4.69, 9.17) is 4.74 Å². The van der Waals surface area contributed by atoms with Gasteiger partial charge in [0.1, 0.15) is 0 Å². The van der Waals surface area contributed by atoms with E-state index in [1.807, 2.05) is 13.8 Å². The van der Waals surface area contributed by atoms with Crippen molar-refractivity contribution in [2.45, 2.75) is 38.6 Å². The monoisotopic (exact) mass is 171 g/mol. The second-order valence-corrected chi connectivity index (χ2v) is 3.62. The molecule has 1 aliphatic rings. The zero-order chi connectivity index (χ0) is 9.03. The van der Waals surface area contributed by atoms with Crippen LogP contribution in [0.2, 0.25) is 0 Å². The second-order valence-electron chi connectivity index (χ2n) is 3.62. The van der Waals surface area contributed by atoms with Gasteiger partial charge in [-0.05, 0) is 19.8 Å². The summed E-state index contributed by atoms with van der Waals surface area (Å²) in [5.74, 6) is 0.114. The van der Waals surface area contributed by atoms with Crippen molar-refractivity contribution in [3.63, 3.8) is 0 Å². The third-order valence-corrected chi connectivity index (χ3v) is 2.20. The van der Waals surface area contributed by atoms with Crippen molar-refractivity contribution in [3.05, 3.63) is 0 Å². The van der Waals surface area contributed by atoms with Crippen LogP contribution in [-0.4, -0.2) is 24.7 Å². The van der Waals surface area contributed by atoms with E-state index in [0.29, 0.717) is 13.0 Å². The van der Waals surface area contributed by atoms with Gasteiger partial charge in [-0.3, -0.25) is 4.79 Å². The molecule has 0 spiro atoms. The highest BCUT2D eigenvalue weighted by molar-refractivity contribution is 5.76. The van der Waals surface area contributed by atoms with Crippen LogP contribution >= 0.6 is 0 Å². The second kappa shape index (κ2) is 3.90. The van der Waals surface area contributed by atoms with Gasteiger partial charge in [0.25, 0.3) is 0 Å². The number of hydrogen-bond acceptors (Lipinski definition) is 2. The predicted octanol–water partition coefficient (Wildman–Crippen LogP) is 1.08. The average molecular weight is 171 g/mol. The van der Waals surface area contributed by atoms with Gasteiger partial charge in [0.05, 0.1) is 12.1 Å². The molecule has 1 saturated heterocycles. The van der Waals surface area contributed by atoms with E-state index in [1.54, 1.807) is 0 Å². The van der Waals surface area contributed by atoms with Gasteiger partial charge >= 0.3 is 0 Å². The van der Waals surface area contributed by atoms with E-state index < -0.39 is 0 Å². The average Bonchev–Trinajstić information content (AvgIpc) is 2.05. The fraction of sp³-hybridized carbons (Fsp3) is 0.889. The summed E-state index contributed by atoms with van der Waals surface area (Å²) in [5.41, 5.74) is -0.120. The van der Waals surface area contributed by atoms with Crippen molar-refractivity contribution in [2.24, 2.45) is 0 Å². The van der Waals surface area contributed by atoms with Crippen LogP contribution in [0.25, 0.3) is 0 Å². The SMILES string of the molecule is CCC(=O)NC1(C)CCCOC1. The summed E-state index contributed by atoms with van der Waals surface area (Å²) >= 11 is 0. The van der Waals surface area contributed by atoms with E-state index >= 15 is 0 Å². The Kier molecular flexibility index (Phi) is 3.09. The Morgan fingerprint density at radius 2 is 2.42 bits per heavy atom. The quantitative estimate of drug-likeness (QED) is 0.675. The highest BCUT2D eigenvalue weighted by atomic mass is 16.5. The number of hydrogen-bond donors (Lipinski definition) is 1. The summed E-state index contributed by atoms with van der Waals surface area (Å²) in [6.07, 6.45) is 2.62. The number of carbonyl (C=O) groups excluding carboxylic acids is 1. The Bertz CT molecular complexity index is 162. The first kappa shape index (κ1) is 9.52. The molecule has 1 amide bonds. The molecule has 1 unspecified atom stereocenters. The van der Waals surface area contributed by atoms with Crippen LogP contribution in [-0.2, 0) is 9.53 Å². The van der Waals surface area contributed by atoms with Crippen LogP contribution < -0.4 is 5.32 Å². The molecule has 12 heavy (non-hydrogen) atoms. The first-order chi connectivity index (χ1) is 5.66. The molecular formula is C9H17NO2.